The maximum Gasteiger partial charge on any atom is 0.344 e. The van der Waals surface area contributed by atoms with Gasteiger partial charge in [-0.15, -0.1) is 0 Å². The van der Waals surface area contributed by atoms with Crippen LogP contribution in [-0.2, 0) is 14.3 Å². The maximum absolute atomic E-state index is 11.8. The predicted molar refractivity (Wildman–Crippen MR) is 96.0 cm³/mol. The van der Waals surface area contributed by atoms with Gasteiger partial charge in [-0.3, -0.25) is 4.79 Å². The molecule has 1 unspecified atom stereocenters. The van der Waals surface area contributed by atoms with E-state index in [1.165, 1.54) is 12.1 Å². The summed E-state index contributed by atoms with van der Waals surface area (Å²) in [5, 5.41) is 12.6. The first kappa shape index (κ1) is 21.5. The summed E-state index contributed by atoms with van der Waals surface area (Å²) in [6.07, 6.45) is 0.326. The summed E-state index contributed by atoms with van der Waals surface area (Å²) in [4.78, 5) is 23.4. The average Bonchev–Trinajstić information content (AvgIpc) is 2.55. The van der Waals surface area contributed by atoms with Crippen LogP contribution in [0.1, 0.15) is 26.7 Å². The number of carbonyl (C=O) groups is 2. The van der Waals surface area contributed by atoms with E-state index in [2.05, 4.69) is 5.32 Å². The van der Waals surface area contributed by atoms with Crippen molar-refractivity contribution in [3.8, 4) is 5.75 Å². The monoisotopic (exact) mass is 391 g/mol. The highest BCUT2D eigenvalue weighted by Crippen LogP contribution is 2.27. The molecule has 2 N–H and O–H groups in total. The molecule has 0 spiro atoms. The number of rotatable bonds is 10. The topological polar surface area (TPSA) is 84.9 Å². The van der Waals surface area contributed by atoms with Gasteiger partial charge >= 0.3 is 5.97 Å². The second-order valence-corrected chi connectivity index (χ2v) is 6.74. The van der Waals surface area contributed by atoms with E-state index < -0.39 is 18.7 Å². The van der Waals surface area contributed by atoms with E-state index in [1.807, 2.05) is 13.8 Å². The zero-order valence-corrected chi connectivity index (χ0v) is 15.8. The van der Waals surface area contributed by atoms with Gasteiger partial charge in [0, 0.05) is 11.4 Å². The Kier molecular flexibility index (Phi) is 9.63. The van der Waals surface area contributed by atoms with Gasteiger partial charge < -0.3 is 19.9 Å². The first-order chi connectivity index (χ1) is 11.8. The fourth-order valence-electron chi connectivity index (χ4n) is 1.83. The molecule has 140 valence electrons. The van der Waals surface area contributed by atoms with Gasteiger partial charge in [-0.2, -0.15) is 0 Å². The predicted octanol–water partition coefficient (Wildman–Crippen LogP) is 2.83. The number of hydrogen-bond acceptors (Lipinski definition) is 5. The van der Waals surface area contributed by atoms with E-state index in [4.69, 9.17) is 32.7 Å². The number of ether oxygens (including phenoxy) is 2. The average molecular weight is 392 g/mol. The minimum Gasteiger partial charge on any atom is -0.480 e. The lowest BCUT2D eigenvalue weighted by atomic mass is 10.1. The molecule has 1 atom stereocenters. The lowest BCUT2D eigenvalue weighted by molar-refractivity contribution is -0.153. The molecule has 0 aliphatic rings. The second kappa shape index (κ2) is 11.2. The fraction of sp³-hybridized carbons (Fsp3) is 0.529. The fourth-order valence-corrected chi connectivity index (χ4v) is 2.29. The van der Waals surface area contributed by atoms with Crippen LogP contribution in [0.15, 0.2) is 18.2 Å². The normalized spacial score (nSPS) is 11.9. The highest BCUT2D eigenvalue weighted by Gasteiger charge is 2.16. The summed E-state index contributed by atoms with van der Waals surface area (Å²) in [5.41, 5.74) is 0. The molecule has 0 heterocycles. The minimum absolute atomic E-state index is 0.0425. The smallest absolute Gasteiger partial charge is 0.344 e. The molecule has 0 aliphatic heterocycles. The van der Waals surface area contributed by atoms with Crippen LogP contribution in [0.4, 0.5) is 0 Å². The summed E-state index contributed by atoms with van der Waals surface area (Å²) in [6, 6.07) is 4.61. The van der Waals surface area contributed by atoms with Crippen LogP contribution in [0.25, 0.3) is 0 Å². The molecular formula is C17H23Cl2NO5. The Morgan fingerprint density at radius 2 is 2.00 bits per heavy atom. The number of amides is 1. The van der Waals surface area contributed by atoms with Crippen LogP contribution >= 0.6 is 23.2 Å². The minimum atomic E-state index is -0.834. The van der Waals surface area contributed by atoms with E-state index >= 15 is 0 Å². The van der Waals surface area contributed by atoms with E-state index in [9.17, 15) is 14.7 Å². The lowest BCUT2D eigenvalue weighted by Gasteiger charge is -2.17. The standard InChI is InChI=1S/C17H23Cl2NO5/c1-11(2)3-6-16(22)20-8-13(9-21)25-17(23)10-24-15-5-4-12(18)7-14(15)19/h4-5,7,11,13,21H,3,6,8-10H2,1-2H3,(H,20,22). The van der Waals surface area contributed by atoms with Crippen molar-refractivity contribution in [1.29, 1.82) is 0 Å². The molecule has 6 nitrogen and oxygen atoms in total. The molecule has 0 bridgehead atoms. The van der Waals surface area contributed by atoms with Gasteiger partial charge in [0.15, 0.2) is 6.61 Å². The molecule has 0 aliphatic carbocycles. The lowest BCUT2D eigenvalue weighted by Crippen LogP contribution is -2.37. The van der Waals surface area contributed by atoms with Gasteiger partial charge in [0.2, 0.25) is 5.91 Å². The molecule has 0 saturated carbocycles. The molecule has 1 aromatic carbocycles. The number of benzene rings is 1. The number of halogens is 2. The number of carbonyl (C=O) groups excluding carboxylic acids is 2. The van der Waals surface area contributed by atoms with Crippen molar-refractivity contribution in [3.63, 3.8) is 0 Å². The number of aliphatic hydroxyl groups is 1. The van der Waals surface area contributed by atoms with Gasteiger partial charge in [-0.1, -0.05) is 37.0 Å². The first-order valence-electron chi connectivity index (χ1n) is 7.96. The highest BCUT2D eigenvalue weighted by molar-refractivity contribution is 6.35. The SMILES string of the molecule is CC(C)CCC(=O)NCC(CO)OC(=O)COc1ccc(Cl)cc1Cl. The molecule has 1 aromatic rings. The molecule has 0 fully saturated rings. The summed E-state index contributed by atoms with van der Waals surface area (Å²) < 4.78 is 10.3. The Balaban J connectivity index is 2.36. The van der Waals surface area contributed by atoms with Crippen LogP contribution < -0.4 is 10.1 Å². The first-order valence-corrected chi connectivity index (χ1v) is 8.72. The summed E-state index contributed by atoms with van der Waals surface area (Å²) in [6.45, 7) is 3.31. The van der Waals surface area contributed by atoms with Crippen molar-refractivity contribution in [1.82, 2.24) is 5.32 Å². The molecule has 1 amide bonds. The molecule has 8 heteroatoms. The van der Waals surface area contributed by atoms with Crippen molar-refractivity contribution in [2.45, 2.75) is 32.8 Å². The van der Waals surface area contributed by atoms with Gasteiger partial charge in [-0.25, -0.2) is 4.79 Å². The summed E-state index contributed by atoms with van der Waals surface area (Å²) >= 11 is 11.7. The van der Waals surface area contributed by atoms with Gasteiger partial charge in [0.05, 0.1) is 18.2 Å². The van der Waals surface area contributed by atoms with Crippen molar-refractivity contribution >= 4 is 35.1 Å². The van der Waals surface area contributed by atoms with Gasteiger partial charge in [-0.05, 0) is 30.5 Å². The maximum atomic E-state index is 11.8. The van der Waals surface area contributed by atoms with Crippen LogP contribution in [0, 0.1) is 5.92 Å². The Morgan fingerprint density at radius 1 is 1.28 bits per heavy atom. The number of nitrogens with one attached hydrogen (secondary N) is 1. The Hall–Kier alpha value is -1.50. The zero-order valence-electron chi connectivity index (χ0n) is 14.3. The number of aliphatic hydroxyl groups excluding tert-OH is 1. The second-order valence-electron chi connectivity index (χ2n) is 5.89. The van der Waals surface area contributed by atoms with Gasteiger partial charge in [0.1, 0.15) is 11.9 Å². The van der Waals surface area contributed by atoms with Crippen LogP contribution in [0.3, 0.4) is 0 Å². The van der Waals surface area contributed by atoms with Crippen molar-refractivity contribution in [2.24, 2.45) is 5.92 Å². The Labute approximate surface area is 157 Å². The summed E-state index contributed by atoms with van der Waals surface area (Å²) in [7, 11) is 0. The largest absolute Gasteiger partial charge is 0.480 e. The van der Waals surface area contributed by atoms with Crippen LogP contribution in [0.5, 0.6) is 5.75 Å². The molecule has 0 radical (unpaired) electrons. The zero-order chi connectivity index (χ0) is 18.8. The van der Waals surface area contributed by atoms with Crippen LogP contribution in [0.2, 0.25) is 10.0 Å². The highest BCUT2D eigenvalue weighted by atomic mass is 35.5. The van der Waals surface area contributed by atoms with Crippen molar-refractivity contribution in [2.75, 3.05) is 19.8 Å². The number of hydrogen-bond donors (Lipinski definition) is 2. The third-order valence-corrected chi connectivity index (χ3v) is 3.75. The van der Waals surface area contributed by atoms with Crippen LogP contribution in [-0.4, -0.2) is 42.8 Å². The molecule has 0 saturated heterocycles. The van der Waals surface area contributed by atoms with E-state index in [-0.39, 0.29) is 24.1 Å². The van der Waals surface area contributed by atoms with E-state index in [0.29, 0.717) is 23.1 Å². The number of esters is 1. The quantitative estimate of drug-likeness (QED) is 0.599. The van der Waals surface area contributed by atoms with Crippen molar-refractivity contribution < 1.29 is 24.2 Å². The third-order valence-electron chi connectivity index (χ3n) is 3.22. The molecule has 25 heavy (non-hydrogen) atoms. The molecular weight excluding hydrogens is 369 g/mol. The summed E-state index contributed by atoms with van der Waals surface area (Å²) in [5.74, 6) is -0.103. The van der Waals surface area contributed by atoms with E-state index in [1.54, 1.807) is 6.07 Å². The Bertz CT molecular complexity index is 580. The third kappa shape index (κ3) is 8.95. The van der Waals surface area contributed by atoms with Crippen molar-refractivity contribution in [3.05, 3.63) is 28.2 Å². The Morgan fingerprint density at radius 3 is 2.60 bits per heavy atom. The molecule has 1 rings (SSSR count). The van der Waals surface area contributed by atoms with E-state index in [0.717, 1.165) is 6.42 Å². The van der Waals surface area contributed by atoms with Gasteiger partial charge in [0.25, 0.3) is 0 Å². The molecule has 0 aromatic heterocycles.